The zero-order chi connectivity index (χ0) is 11.4. The molecule has 2 aromatic rings. The van der Waals surface area contributed by atoms with E-state index in [0.29, 0.717) is 12.1 Å². The standard InChI is InChI=1S/C13H14FNO/c1-10(12-6-7-16-9-12)15-8-11-4-2-3-5-13(11)14/h2-7,9-10,15H,8H2,1H3. The molecule has 1 atom stereocenters. The summed E-state index contributed by atoms with van der Waals surface area (Å²) in [6, 6.07) is 8.84. The van der Waals surface area contributed by atoms with Gasteiger partial charge in [-0.05, 0) is 19.1 Å². The van der Waals surface area contributed by atoms with Crippen LogP contribution in [0.3, 0.4) is 0 Å². The van der Waals surface area contributed by atoms with Gasteiger partial charge in [-0.15, -0.1) is 0 Å². The summed E-state index contributed by atoms with van der Waals surface area (Å²) in [5.74, 6) is -0.172. The van der Waals surface area contributed by atoms with Crippen LogP contribution < -0.4 is 5.32 Å². The fraction of sp³-hybridized carbons (Fsp3) is 0.231. The summed E-state index contributed by atoms with van der Waals surface area (Å²) in [6.07, 6.45) is 3.33. The highest BCUT2D eigenvalue weighted by molar-refractivity contribution is 5.18. The molecular weight excluding hydrogens is 205 g/mol. The Morgan fingerprint density at radius 1 is 1.31 bits per heavy atom. The van der Waals surface area contributed by atoms with Gasteiger partial charge in [-0.1, -0.05) is 18.2 Å². The highest BCUT2D eigenvalue weighted by atomic mass is 19.1. The van der Waals surface area contributed by atoms with E-state index in [9.17, 15) is 4.39 Å². The van der Waals surface area contributed by atoms with Gasteiger partial charge in [0.05, 0.1) is 12.5 Å². The molecule has 1 unspecified atom stereocenters. The van der Waals surface area contributed by atoms with Gasteiger partial charge >= 0.3 is 0 Å². The number of hydrogen-bond donors (Lipinski definition) is 1. The summed E-state index contributed by atoms with van der Waals surface area (Å²) in [5.41, 5.74) is 1.74. The number of rotatable bonds is 4. The second-order valence-electron chi connectivity index (χ2n) is 3.75. The normalized spacial score (nSPS) is 12.6. The van der Waals surface area contributed by atoms with Crippen molar-refractivity contribution >= 4 is 0 Å². The minimum absolute atomic E-state index is 0.151. The van der Waals surface area contributed by atoms with Gasteiger partial charge in [0.25, 0.3) is 0 Å². The van der Waals surface area contributed by atoms with Gasteiger partial charge in [0.2, 0.25) is 0 Å². The Bertz CT molecular complexity index is 439. The average Bonchev–Trinajstić information content (AvgIpc) is 2.81. The predicted octanol–water partition coefficient (Wildman–Crippen LogP) is 3.27. The maximum atomic E-state index is 13.3. The van der Waals surface area contributed by atoms with Crippen molar-refractivity contribution in [2.75, 3.05) is 0 Å². The number of benzene rings is 1. The molecule has 0 amide bonds. The maximum absolute atomic E-state index is 13.3. The van der Waals surface area contributed by atoms with Gasteiger partial charge in [-0.2, -0.15) is 0 Å². The topological polar surface area (TPSA) is 25.2 Å². The molecule has 0 saturated carbocycles. The van der Waals surface area contributed by atoms with Crippen LogP contribution in [-0.2, 0) is 6.54 Å². The molecule has 0 bridgehead atoms. The van der Waals surface area contributed by atoms with Gasteiger partial charge in [0.1, 0.15) is 5.82 Å². The number of halogens is 1. The van der Waals surface area contributed by atoms with E-state index < -0.39 is 0 Å². The van der Waals surface area contributed by atoms with E-state index in [1.54, 1.807) is 24.7 Å². The molecule has 16 heavy (non-hydrogen) atoms. The molecule has 3 heteroatoms. The van der Waals surface area contributed by atoms with Gasteiger partial charge < -0.3 is 9.73 Å². The zero-order valence-electron chi connectivity index (χ0n) is 9.11. The van der Waals surface area contributed by atoms with Gasteiger partial charge in [-0.3, -0.25) is 0 Å². The Morgan fingerprint density at radius 3 is 2.81 bits per heavy atom. The fourth-order valence-corrected chi connectivity index (χ4v) is 1.54. The number of nitrogens with one attached hydrogen (secondary N) is 1. The van der Waals surface area contributed by atoms with Crippen molar-refractivity contribution in [3.05, 3.63) is 59.8 Å². The molecule has 0 aliphatic carbocycles. The Labute approximate surface area is 94.1 Å². The van der Waals surface area contributed by atoms with E-state index in [0.717, 1.165) is 5.56 Å². The molecular formula is C13H14FNO. The van der Waals surface area contributed by atoms with Crippen molar-refractivity contribution < 1.29 is 8.81 Å². The Morgan fingerprint density at radius 2 is 2.12 bits per heavy atom. The molecule has 0 aliphatic heterocycles. The third-order valence-corrected chi connectivity index (χ3v) is 2.60. The summed E-state index contributed by atoms with van der Waals surface area (Å²) in [5, 5.41) is 3.24. The summed E-state index contributed by atoms with van der Waals surface area (Å²) in [4.78, 5) is 0. The van der Waals surface area contributed by atoms with Crippen molar-refractivity contribution in [3.63, 3.8) is 0 Å². The van der Waals surface area contributed by atoms with Crippen LogP contribution in [0.25, 0.3) is 0 Å². The highest BCUT2D eigenvalue weighted by Crippen LogP contribution is 2.14. The lowest BCUT2D eigenvalue weighted by Crippen LogP contribution is -2.18. The molecule has 0 fully saturated rings. The van der Waals surface area contributed by atoms with Crippen LogP contribution >= 0.6 is 0 Å². The summed E-state index contributed by atoms with van der Waals surface area (Å²) in [7, 11) is 0. The van der Waals surface area contributed by atoms with E-state index >= 15 is 0 Å². The van der Waals surface area contributed by atoms with E-state index in [4.69, 9.17) is 4.42 Å². The van der Waals surface area contributed by atoms with E-state index in [2.05, 4.69) is 5.32 Å². The van der Waals surface area contributed by atoms with Crippen LogP contribution in [0.15, 0.2) is 47.3 Å². The van der Waals surface area contributed by atoms with E-state index in [1.807, 2.05) is 19.1 Å². The van der Waals surface area contributed by atoms with E-state index in [-0.39, 0.29) is 11.9 Å². The van der Waals surface area contributed by atoms with Crippen molar-refractivity contribution in [1.29, 1.82) is 0 Å². The molecule has 1 N–H and O–H groups in total. The van der Waals surface area contributed by atoms with Crippen LogP contribution in [-0.4, -0.2) is 0 Å². The van der Waals surface area contributed by atoms with Crippen LogP contribution in [0.5, 0.6) is 0 Å². The highest BCUT2D eigenvalue weighted by Gasteiger charge is 2.07. The van der Waals surface area contributed by atoms with Crippen LogP contribution in [0, 0.1) is 5.82 Å². The second-order valence-corrected chi connectivity index (χ2v) is 3.75. The smallest absolute Gasteiger partial charge is 0.127 e. The first-order valence-corrected chi connectivity index (χ1v) is 5.26. The van der Waals surface area contributed by atoms with Crippen LogP contribution in [0.2, 0.25) is 0 Å². The Kier molecular flexibility index (Phi) is 3.37. The quantitative estimate of drug-likeness (QED) is 0.853. The summed E-state index contributed by atoms with van der Waals surface area (Å²) >= 11 is 0. The monoisotopic (exact) mass is 219 g/mol. The first kappa shape index (κ1) is 10.9. The van der Waals surface area contributed by atoms with E-state index in [1.165, 1.54) is 6.07 Å². The van der Waals surface area contributed by atoms with Crippen molar-refractivity contribution in [3.8, 4) is 0 Å². The lowest BCUT2D eigenvalue weighted by atomic mass is 10.1. The molecule has 1 aromatic carbocycles. The molecule has 84 valence electrons. The molecule has 0 radical (unpaired) electrons. The minimum Gasteiger partial charge on any atom is -0.472 e. The first-order valence-electron chi connectivity index (χ1n) is 5.26. The molecule has 2 rings (SSSR count). The third-order valence-electron chi connectivity index (χ3n) is 2.60. The van der Waals surface area contributed by atoms with Gasteiger partial charge in [-0.25, -0.2) is 4.39 Å². The first-order chi connectivity index (χ1) is 7.77. The maximum Gasteiger partial charge on any atom is 0.127 e. The minimum atomic E-state index is -0.172. The van der Waals surface area contributed by atoms with Crippen LogP contribution in [0.4, 0.5) is 4.39 Å². The molecule has 0 spiro atoms. The van der Waals surface area contributed by atoms with Crippen molar-refractivity contribution in [2.45, 2.75) is 19.5 Å². The molecule has 0 saturated heterocycles. The van der Waals surface area contributed by atoms with Gasteiger partial charge in [0, 0.05) is 23.7 Å². The molecule has 2 nitrogen and oxygen atoms in total. The predicted molar refractivity (Wildman–Crippen MR) is 60.4 cm³/mol. The second kappa shape index (κ2) is 4.94. The van der Waals surface area contributed by atoms with Gasteiger partial charge in [0.15, 0.2) is 0 Å². The fourth-order valence-electron chi connectivity index (χ4n) is 1.54. The Hall–Kier alpha value is -1.61. The largest absolute Gasteiger partial charge is 0.472 e. The molecule has 1 heterocycles. The Balaban J connectivity index is 1.95. The van der Waals surface area contributed by atoms with Crippen molar-refractivity contribution in [1.82, 2.24) is 5.32 Å². The summed E-state index contributed by atoms with van der Waals surface area (Å²) < 4.78 is 18.3. The number of furan rings is 1. The summed E-state index contributed by atoms with van der Waals surface area (Å²) in [6.45, 7) is 2.53. The lowest BCUT2D eigenvalue weighted by Gasteiger charge is -2.12. The van der Waals surface area contributed by atoms with Crippen molar-refractivity contribution in [2.24, 2.45) is 0 Å². The average molecular weight is 219 g/mol. The lowest BCUT2D eigenvalue weighted by molar-refractivity contribution is 0.527. The molecule has 1 aromatic heterocycles. The zero-order valence-corrected chi connectivity index (χ0v) is 9.11. The van der Waals surface area contributed by atoms with Crippen LogP contribution in [0.1, 0.15) is 24.1 Å². The SMILES string of the molecule is CC(NCc1ccccc1F)c1ccoc1. The number of hydrogen-bond acceptors (Lipinski definition) is 2. The molecule has 0 aliphatic rings. The third kappa shape index (κ3) is 2.49.